The summed E-state index contributed by atoms with van der Waals surface area (Å²) in [6.07, 6.45) is -1.77. The van der Waals surface area contributed by atoms with Gasteiger partial charge in [0.25, 0.3) is 0 Å². The van der Waals surface area contributed by atoms with Gasteiger partial charge in [-0.05, 0) is 6.26 Å². The molecule has 7 heteroatoms. The monoisotopic (exact) mass is 241 g/mol. The number of Topliss-reactive ketones (excluding diaryl/α,β-unsaturated/α-hetero) is 1. The topological polar surface area (TPSA) is 30.0 Å². The van der Waals surface area contributed by atoms with Gasteiger partial charge >= 0.3 is 6.18 Å². The number of carbonyl (C=O) groups is 1. The predicted molar refractivity (Wildman–Crippen MR) is 49.8 cm³/mol. The second kappa shape index (κ2) is 4.31. The van der Waals surface area contributed by atoms with E-state index in [0.29, 0.717) is 11.3 Å². The Hall–Kier alpha value is -0.560. The highest BCUT2D eigenvalue weighted by molar-refractivity contribution is 7.99. The summed E-state index contributed by atoms with van der Waals surface area (Å²) in [4.78, 5) is 14.4. The summed E-state index contributed by atoms with van der Waals surface area (Å²) in [7, 11) is 0. The number of nitrogens with zero attached hydrogens (tertiary/aromatic N) is 1. The van der Waals surface area contributed by atoms with Crippen molar-refractivity contribution in [2.45, 2.75) is 6.18 Å². The second-order valence-electron chi connectivity index (χ2n) is 2.38. The van der Waals surface area contributed by atoms with E-state index >= 15 is 0 Å². The largest absolute Gasteiger partial charge is 0.443 e. The Bertz CT molecular complexity index is 334. The van der Waals surface area contributed by atoms with Crippen LogP contribution in [0.2, 0.25) is 0 Å². The molecule has 0 N–H and O–H groups in total. The Labute approximate surface area is 86.5 Å². The third kappa shape index (κ3) is 2.71. The maximum atomic E-state index is 12.1. The van der Waals surface area contributed by atoms with Crippen molar-refractivity contribution in [3.63, 3.8) is 0 Å². The highest BCUT2D eigenvalue weighted by Gasteiger charge is 2.35. The van der Waals surface area contributed by atoms with Crippen molar-refractivity contribution in [1.29, 1.82) is 0 Å². The van der Waals surface area contributed by atoms with Gasteiger partial charge in [-0.25, -0.2) is 4.98 Å². The van der Waals surface area contributed by atoms with Crippen LogP contribution >= 0.6 is 23.1 Å². The molecule has 1 aromatic heterocycles. The number of thiazole rings is 1. The molecule has 2 nitrogen and oxygen atoms in total. The second-order valence-corrected chi connectivity index (χ2v) is 4.28. The number of ketones is 1. The number of thioether (sulfide) groups is 1. The normalized spacial score (nSPS) is 11.7. The van der Waals surface area contributed by atoms with E-state index in [1.165, 1.54) is 11.8 Å². The maximum absolute atomic E-state index is 12.1. The first-order chi connectivity index (χ1) is 6.45. The van der Waals surface area contributed by atoms with Gasteiger partial charge in [0.2, 0.25) is 0 Å². The van der Waals surface area contributed by atoms with Gasteiger partial charge in [0.15, 0.2) is 10.8 Å². The maximum Gasteiger partial charge on any atom is 0.443 e. The number of hydrogen-bond acceptors (Lipinski definition) is 4. The standard InChI is InChI=1S/C7H6F3NOS2/c1-13-3-4(12)5-2-11-6(14-5)7(8,9)10/h2H,3H2,1H3. The Morgan fingerprint density at radius 2 is 2.29 bits per heavy atom. The molecule has 0 aliphatic heterocycles. The van der Waals surface area contributed by atoms with Gasteiger partial charge in [0, 0.05) is 6.20 Å². The summed E-state index contributed by atoms with van der Waals surface area (Å²) in [5.41, 5.74) is 0. The van der Waals surface area contributed by atoms with Crippen LogP contribution in [0.4, 0.5) is 13.2 Å². The van der Waals surface area contributed by atoms with E-state index in [-0.39, 0.29) is 16.4 Å². The quantitative estimate of drug-likeness (QED) is 0.762. The van der Waals surface area contributed by atoms with Crippen LogP contribution in [0.5, 0.6) is 0 Å². The highest BCUT2D eigenvalue weighted by atomic mass is 32.2. The van der Waals surface area contributed by atoms with Crippen LogP contribution in [-0.2, 0) is 6.18 Å². The van der Waals surface area contributed by atoms with E-state index < -0.39 is 11.2 Å². The lowest BCUT2D eigenvalue weighted by molar-refractivity contribution is -0.137. The number of carbonyl (C=O) groups excluding carboxylic acids is 1. The van der Waals surface area contributed by atoms with Crippen molar-refractivity contribution in [1.82, 2.24) is 4.98 Å². The molecule has 78 valence electrons. The molecular formula is C7H6F3NOS2. The molecule has 0 atom stereocenters. The zero-order chi connectivity index (χ0) is 10.8. The minimum absolute atomic E-state index is 0.0617. The predicted octanol–water partition coefficient (Wildman–Crippen LogP) is 2.71. The van der Waals surface area contributed by atoms with E-state index in [1.807, 2.05) is 0 Å². The Morgan fingerprint density at radius 1 is 1.64 bits per heavy atom. The molecule has 0 saturated heterocycles. The summed E-state index contributed by atoms with van der Waals surface area (Å²) in [5.74, 6) is -0.134. The van der Waals surface area contributed by atoms with E-state index in [0.717, 1.165) is 6.20 Å². The van der Waals surface area contributed by atoms with Gasteiger partial charge in [0.05, 0.1) is 10.6 Å². The van der Waals surface area contributed by atoms with Crippen molar-refractivity contribution in [2.75, 3.05) is 12.0 Å². The highest BCUT2D eigenvalue weighted by Crippen LogP contribution is 2.32. The van der Waals surface area contributed by atoms with Crippen molar-refractivity contribution in [3.8, 4) is 0 Å². The number of aromatic nitrogens is 1. The molecule has 1 rings (SSSR count). The van der Waals surface area contributed by atoms with Crippen LogP contribution in [0.3, 0.4) is 0 Å². The van der Waals surface area contributed by atoms with Crippen LogP contribution < -0.4 is 0 Å². The molecular weight excluding hydrogens is 235 g/mol. The van der Waals surface area contributed by atoms with Gasteiger partial charge in [-0.2, -0.15) is 24.9 Å². The molecule has 0 amide bonds. The van der Waals surface area contributed by atoms with Crippen LogP contribution in [0.15, 0.2) is 6.20 Å². The molecule has 0 bridgehead atoms. The van der Waals surface area contributed by atoms with Crippen LogP contribution in [0.25, 0.3) is 0 Å². The van der Waals surface area contributed by atoms with Gasteiger partial charge in [-0.1, -0.05) is 0 Å². The molecule has 0 unspecified atom stereocenters. The van der Waals surface area contributed by atoms with Gasteiger partial charge in [0.1, 0.15) is 0 Å². The number of alkyl halides is 3. The van der Waals surface area contributed by atoms with E-state index in [9.17, 15) is 18.0 Å². The lowest BCUT2D eigenvalue weighted by Gasteiger charge is -1.98. The van der Waals surface area contributed by atoms with Gasteiger partial charge in [-0.15, -0.1) is 11.3 Å². The Balaban J connectivity index is 2.83. The van der Waals surface area contributed by atoms with Crippen molar-refractivity contribution in [3.05, 3.63) is 16.1 Å². The average Bonchev–Trinajstić information content (AvgIpc) is 2.51. The van der Waals surface area contributed by atoms with Crippen molar-refractivity contribution >= 4 is 28.9 Å². The number of halogens is 3. The fourth-order valence-corrected chi connectivity index (χ4v) is 1.97. The number of hydrogen-bond donors (Lipinski definition) is 0. The molecule has 0 fully saturated rings. The SMILES string of the molecule is CSCC(=O)c1cnc(C(F)(F)F)s1. The summed E-state index contributed by atoms with van der Waals surface area (Å²) in [5, 5.41) is -0.970. The molecule has 0 radical (unpaired) electrons. The molecule has 1 aromatic rings. The zero-order valence-electron chi connectivity index (χ0n) is 7.09. The van der Waals surface area contributed by atoms with Crippen LogP contribution in [-0.4, -0.2) is 22.8 Å². The lowest BCUT2D eigenvalue weighted by Crippen LogP contribution is -2.03. The molecule has 0 aromatic carbocycles. The summed E-state index contributed by atoms with van der Waals surface area (Å²) < 4.78 is 36.2. The molecule has 1 heterocycles. The molecule has 0 aliphatic rings. The van der Waals surface area contributed by atoms with Crippen LogP contribution in [0, 0.1) is 0 Å². The first kappa shape index (κ1) is 11.5. The summed E-state index contributed by atoms with van der Waals surface area (Å²) in [6, 6.07) is 0. The molecule has 0 spiro atoms. The summed E-state index contributed by atoms with van der Waals surface area (Å²) >= 11 is 1.66. The molecule has 0 aliphatic carbocycles. The minimum atomic E-state index is -4.46. The van der Waals surface area contributed by atoms with E-state index in [1.54, 1.807) is 6.26 Å². The van der Waals surface area contributed by atoms with Crippen LogP contribution in [0.1, 0.15) is 14.7 Å². The Morgan fingerprint density at radius 3 is 2.71 bits per heavy atom. The Kier molecular flexibility index (Phi) is 3.54. The van der Waals surface area contributed by atoms with Crippen molar-refractivity contribution in [2.24, 2.45) is 0 Å². The first-order valence-corrected chi connectivity index (χ1v) is 5.71. The summed E-state index contributed by atoms with van der Waals surface area (Å²) in [6.45, 7) is 0. The van der Waals surface area contributed by atoms with E-state index in [2.05, 4.69) is 4.98 Å². The molecule has 0 saturated carbocycles. The minimum Gasteiger partial charge on any atom is -0.292 e. The zero-order valence-corrected chi connectivity index (χ0v) is 8.72. The molecule has 14 heavy (non-hydrogen) atoms. The lowest BCUT2D eigenvalue weighted by atomic mass is 10.4. The smallest absolute Gasteiger partial charge is 0.292 e. The average molecular weight is 241 g/mol. The van der Waals surface area contributed by atoms with Crippen molar-refractivity contribution < 1.29 is 18.0 Å². The van der Waals surface area contributed by atoms with Gasteiger partial charge < -0.3 is 0 Å². The third-order valence-electron chi connectivity index (χ3n) is 1.30. The van der Waals surface area contributed by atoms with E-state index in [4.69, 9.17) is 0 Å². The number of rotatable bonds is 3. The fourth-order valence-electron chi connectivity index (χ4n) is 0.736. The third-order valence-corrected chi connectivity index (χ3v) is 2.93. The fraction of sp³-hybridized carbons (Fsp3) is 0.429. The van der Waals surface area contributed by atoms with Gasteiger partial charge in [-0.3, -0.25) is 4.79 Å². The first-order valence-electron chi connectivity index (χ1n) is 3.50.